The third-order valence-corrected chi connectivity index (χ3v) is 5.95. The van der Waals surface area contributed by atoms with Gasteiger partial charge in [-0.05, 0) is 49.4 Å². The van der Waals surface area contributed by atoms with Crippen LogP contribution in [0.3, 0.4) is 0 Å². The molecule has 3 heterocycles. The van der Waals surface area contributed by atoms with Crippen LogP contribution in [0.5, 0.6) is 0 Å². The van der Waals surface area contributed by atoms with Gasteiger partial charge in [0.2, 0.25) is 5.91 Å². The molecule has 0 aliphatic carbocycles. The van der Waals surface area contributed by atoms with Crippen molar-refractivity contribution >= 4 is 17.2 Å². The average Bonchev–Trinajstić information content (AvgIpc) is 3.21. The summed E-state index contributed by atoms with van der Waals surface area (Å²) in [4.78, 5) is 16.2. The van der Waals surface area contributed by atoms with Crippen LogP contribution in [0, 0.1) is 13.8 Å². The molecule has 0 N–H and O–H groups in total. The van der Waals surface area contributed by atoms with Crippen LogP contribution in [0.4, 0.5) is 0 Å². The SMILES string of the molecule is Cc1nn(-c2ccccc2)c(C)c1CC(=O)N1CCc2sccc2C1. The molecule has 0 spiro atoms. The second-order valence-corrected chi connectivity index (χ2v) is 7.51. The van der Waals surface area contributed by atoms with Crippen LogP contribution in [-0.4, -0.2) is 27.1 Å². The van der Waals surface area contributed by atoms with E-state index in [1.807, 2.05) is 53.8 Å². The summed E-state index contributed by atoms with van der Waals surface area (Å²) in [6.45, 7) is 5.59. The number of para-hydroxylation sites is 1. The number of aromatic nitrogens is 2. The number of carbonyl (C=O) groups is 1. The van der Waals surface area contributed by atoms with E-state index in [0.29, 0.717) is 6.42 Å². The number of nitrogens with zero attached hydrogens (tertiary/aromatic N) is 3. The van der Waals surface area contributed by atoms with Gasteiger partial charge in [0.15, 0.2) is 0 Å². The highest BCUT2D eigenvalue weighted by atomic mass is 32.1. The first-order chi connectivity index (χ1) is 12.1. The zero-order chi connectivity index (χ0) is 17.4. The number of benzene rings is 1. The second-order valence-electron chi connectivity index (χ2n) is 6.51. The third kappa shape index (κ3) is 3.00. The molecule has 128 valence electrons. The Bertz CT molecular complexity index is 910. The van der Waals surface area contributed by atoms with E-state index in [1.165, 1.54) is 10.4 Å². The van der Waals surface area contributed by atoms with Crippen molar-refractivity contribution in [3.8, 4) is 5.69 Å². The van der Waals surface area contributed by atoms with Gasteiger partial charge in [0.25, 0.3) is 0 Å². The van der Waals surface area contributed by atoms with Gasteiger partial charge in [0.1, 0.15) is 0 Å². The van der Waals surface area contributed by atoms with E-state index in [1.54, 1.807) is 11.3 Å². The molecule has 4 rings (SSSR count). The first-order valence-corrected chi connectivity index (χ1v) is 9.45. The Balaban J connectivity index is 1.55. The Labute approximate surface area is 151 Å². The molecular formula is C20H21N3OS. The monoisotopic (exact) mass is 351 g/mol. The van der Waals surface area contributed by atoms with E-state index in [2.05, 4.69) is 16.5 Å². The molecule has 1 amide bonds. The number of hydrogen-bond acceptors (Lipinski definition) is 3. The van der Waals surface area contributed by atoms with Crippen molar-refractivity contribution in [2.24, 2.45) is 0 Å². The minimum atomic E-state index is 0.190. The molecule has 0 bridgehead atoms. The van der Waals surface area contributed by atoms with Crippen LogP contribution in [0.25, 0.3) is 5.69 Å². The number of hydrogen-bond donors (Lipinski definition) is 0. The third-order valence-electron chi connectivity index (χ3n) is 4.93. The molecule has 4 nitrogen and oxygen atoms in total. The number of carbonyl (C=O) groups excluding carboxylic acids is 1. The van der Waals surface area contributed by atoms with E-state index in [0.717, 1.165) is 42.1 Å². The summed E-state index contributed by atoms with van der Waals surface area (Å²) in [6, 6.07) is 12.2. The average molecular weight is 351 g/mol. The molecule has 1 aliphatic heterocycles. The fraction of sp³-hybridized carbons (Fsp3) is 0.300. The number of amides is 1. The smallest absolute Gasteiger partial charge is 0.227 e. The van der Waals surface area contributed by atoms with Gasteiger partial charge in [-0.1, -0.05) is 18.2 Å². The molecule has 0 unspecified atom stereocenters. The lowest BCUT2D eigenvalue weighted by Crippen LogP contribution is -2.36. The topological polar surface area (TPSA) is 38.1 Å². The van der Waals surface area contributed by atoms with Crippen LogP contribution in [0.15, 0.2) is 41.8 Å². The zero-order valence-corrected chi connectivity index (χ0v) is 15.3. The minimum Gasteiger partial charge on any atom is -0.338 e. The second kappa shape index (κ2) is 6.48. The van der Waals surface area contributed by atoms with Crippen LogP contribution < -0.4 is 0 Å². The highest BCUT2D eigenvalue weighted by Crippen LogP contribution is 2.25. The van der Waals surface area contributed by atoms with E-state index in [-0.39, 0.29) is 5.91 Å². The van der Waals surface area contributed by atoms with Crippen molar-refractivity contribution in [1.82, 2.24) is 14.7 Å². The lowest BCUT2D eigenvalue weighted by molar-refractivity contribution is -0.131. The molecule has 1 aliphatic rings. The Morgan fingerprint density at radius 1 is 1.20 bits per heavy atom. The van der Waals surface area contributed by atoms with Crippen molar-refractivity contribution in [3.63, 3.8) is 0 Å². The largest absolute Gasteiger partial charge is 0.338 e. The molecular weight excluding hydrogens is 330 g/mol. The Morgan fingerprint density at radius 2 is 2.00 bits per heavy atom. The lowest BCUT2D eigenvalue weighted by atomic mass is 10.1. The first kappa shape index (κ1) is 16.1. The van der Waals surface area contributed by atoms with Crippen LogP contribution in [0.2, 0.25) is 0 Å². The summed E-state index contributed by atoms with van der Waals surface area (Å²) >= 11 is 1.80. The van der Waals surface area contributed by atoms with Crippen LogP contribution in [-0.2, 0) is 24.2 Å². The normalized spacial score (nSPS) is 13.8. The highest BCUT2D eigenvalue weighted by molar-refractivity contribution is 7.10. The zero-order valence-electron chi connectivity index (χ0n) is 14.5. The summed E-state index contributed by atoms with van der Waals surface area (Å²) in [5.74, 6) is 0.190. The maximum Gasteiger partial charge on any atom is 0.227 e. The highest BCUT2D eigenvalue weighted by Gasteiger charge is 2.24. The first-order valence-electron chi connectivity index (χ1n) is 8.57. The van der Waals surface area contributed by atoms with Crippen LogP contribution in [0.1, 0.15) is 27.4 Å². The van der Waals surface area contributed by atoms with Gasteiger partial charge in [-0.3, -0.25) is 4.79 Å². The van der Waals surface area contributed by atoms with Crippen molar-refractivity contribution < 1.29 is 4.79 Å². The van der Waals surface area contributed by atoms with Gasteiger partial charge < -0.3 is 4.90 Å². The molecule has 25 heavy (non-hydrogen) atoms. The Morgan fingerprint density at radius 3 is 2.80 bits per heavy atom. The van der Waals surface area contributed by atoms with Gasteiger partial charge in [-0.25, -0.2) is 4.68 Å². The quantitative estimate of drug-likeness (QED) is 0.722. The number of fused-ring (bicyclic) bond motifs is 1. The molecule has 1 aromatic carbocycles. The van der Waals surface area contributed by atoms with Crippen molar-refractivity contribution in [2.45, 2.75) is 33.2 Å². The summed E-state index contributed by atoms with van der Waals surface area (Å²) in [6.07, 6.45) is 1.39. The predicted octanol–water partition coefficient (Wildman–Crippen LogP) is 3.68. The maximum atomic E-state index is 12.8. The van der Waals surface area contributed by atoms with Gasteiger partial charge in [0, 0.05) is 29.2 Å². The summed E-state index contributed by atoms with van der Waals surface area (Å²) in [5.41, 5.74) is 5.36. The predicted molar refractivity (Wildman–Crippen MR) is 100 cm³/mol. The van der Waals surface area contributed by atoms with Gasteiger partial charge in [-0.2, -0.15) is 5.10 Å². The molecule has 0 saturated heterocycles. The Hall–Kier alpha value is -2.40. The molecule has 0 saturated carbocycles. The summed E-state index contributed by atoms with van der Waals surface area (Å²) < 4.78 is 1.94. The minimum absolute atomic E-state index is 0.190. The van der Waals surface area contributed by atoms with E-state index in [4.69, 9.17) is 0 Å². The Kier molecular flexibility index (Phi) is 4.17. The maximum absolute atomic E-state index is 12.8. The molecule has 5 heteroatoms. The molecule has 0 fully saturated rings. The fourth-order valence-corrected chi connectivity index (χ4v) is 4.37. The summed E-state index contributed by atoms with van der Waals surface area (Å²) in [7, 11) is 0. The molecule has 3 aromatic rings. The lowest BCUT2D eigenvalue weighted by Gasteiger charge is -2.27. The van der Waals surface area contributed by atoms with Crippen molar-refractivity contribution in [1.29, 1.82) is 0 Å². The molecule has 0 radical (unpaired) electrons. The molecule has 0 atom stereocenters. The molecule has 2 aromatic heterocycles. The van der Waals surface area contributed by atoms with Crippen molar-refractivity contribution in [3.05, 3.63) is 69.2 Å². The van der Waals surface area contributed by atoms with Gasteiger partial charge in [0.05, 0.1) is 17.8 Å². The van der Waals surface area contributed by atoms with Crippen LogP contribution >= 0.6 is 11.3 Å². The number of thiophene rings is 1. The standard InChI is InChI=1S/C20H21N3OS/c1-14-18(15(2)23(21-14)17-6-4-3-5-7-17)12-20(24)22-10-8-19-16(13-22)9-11-25-19/h3-7,9,11H,8,10,12-13H2,1-2H3. The fourth-order valence-electron chi connectivity index (χ4n) is 3.48. The number of aryl methyl sites for hydroxylation is 1. The number of rotatable bonds is 3. The van der Waals surface area contributed by atoms with E-state index < -0.39 is 0 Å². The summed E-state index contributed by atoms with van der Waals surface area (Å²) in [5, 5.41) is 6.78. The van der Waals surface area contributed by atoms with Gasteiger partial charge in [-0.15, -0.1) is 11.3 Å². The van der Waals surface area contributed by atoms with E-state index >= 15 is 0 Å². The van der Waals surface area contributed by atoms with E-state index in [9.17, 15) is 4.79 Å². The van der Waals surface area contributed by atoms with Gasteiger partial charge >= 0.3 is 0 Å². The van der Waals surface area contributed by atoms with Crippen molar-refractivity contribution in [2.75, 3.05) is 6.54 Å².